The van der Waals surface area contributed by atoms with Crippen LogP contribution in [0, 0.1) is 0 Å². The largest absolute Gasteiger partial charge is 0.486 e. The molecule has 6 nitrogen and oxygen atoms in total. The molecular weight excluding hydrogens is 230 g/mol. The smallest absolute Gasteiger partial charge is 0.176 e. The molecule has 3 aromatic rings. The fourth-order valence-corrected chi connectivity index (χ4v) is 1.60. The van der Waals surface area contributed by atoms with Crippen LogP contribution in [0.3, 0.4) is 0 Å². The molecule has 0 aliphatic rings. The highest BCUT2D eigenvalue weighted by Gasteiger charge is 2.05. The van der Waals surface area contributed by atoms with E-state index in [4.69, 9.17) is 10.5 Å². The first kappa shape index (κ1) is 10.5. The van der Waals surface area contributed by atoms with Gasteiger partial charge in [-0.25, -0.2) is 4.98 Å². The Balaban J connectivity index is 1.79. The predicted molar refractivity (Wildman–Crippen MR) is 66.0 cm³/mol. The van der Waals surface area contributed by atoms with Crippen molar-refractivity contribution < 1.29 is 4.74 Å². The van der Waals surface area contributed by atoms with Crippen LogP contribution in [0.1, 0.15) is 5.82 Å². The maximum absolute atomic E-state index is 5.61. The Labute approximate surface area is 103 Å². The summed E-state index contributed by atoms with van der Waals surface area (Å²) in [5.74, 6) is 1.44. The van der Waals surface area contributed by atoms with Gasteiger partial charge in [0.1, 0.15) is 18.7 Å². The third-order valence-electron chi connectivity index (χ3n) is 2.53. The van der Waals surface area contributed by atoms with E-state index in [-0.39, 0.29) is 0 Å². The minimum Gasteiger partial charge on any atom is -0.486 e. The van der Waals surface area contributed by atoms with E-state index >= 15 is 0 Å². The Morgan fingerprint density at radius 2 is 1.94 bits per heavy atom. The van der Waals surface area contributed by atoms with Crippen molar-refractivity contribution in [1.82, 2.24) is 19.6 Å². The minimum atomic E-state index is 0.330. The molecule has 0 aliphatic heterocycles. The Morgan fingerprint density at radius 3 is 2.78 bits per heavy atom. The van der Waals surface area contributed by atoms with E-state index in [0.29, 0.717) is 18.1 Å². The van der Waals surface area contributed by atoms with Crippen LogP contribution in [0.2, 0.25) is 0 Å². The van der Waals surface area contributed by atoms with E-state index in [9.17, 15) is 0 Å². The number of nitrogen functional groups attached to an aromatic ring is 1. The zero-order valence-corrected chi connectivity index (χ0v) is 9.52. The van der Waals surface area contributed by atoms with Gasteiger partial charge in [-0.3, -0.25) is 4.40 Å². The number of nitrogens with two attached hydrogens (primary N) is 1. The van der Waals surface area contributed by atoms with E-state index in [0.717, 1.165) is 11.4 Å². The fraction of sp³-hybridized carbons (Fsp3) is 0.0833. The molecule has 0 atom stereocenters. The van der Waals surface area contributed by atoms with Crippen LogP contribution in [0.4, 0.5) is 5.69 Å². The molecule has 0 spiro atoms. The molecule has 6 heteroatoms. The van der Waals surface area contributed by atoms with Crippen molar-refractivity contribution in [3.05, 3.63) is 48.7 Å². The quantitative estimate of drug-likeness (QED) is 0.699. The van der Waals surface area contributed by atoms with Gasteiger partial charge in [-0.1, -0.05) is 0 Å². The lowest BCUT2D eigenvalue weighted by atomic mass is 10.3. The van der Waals surface area contributed by atoms with Gasteiger partial charge in [0.25, 0.3) is 0 Å². The van der Waals surface area contributed by atoms with Crippen LogP contribution in [0.25, 0.3) is 5.65 Å². The van der Waals surface area contributed by atoms with Gasteiger partial charge in [0, 0.05) is 18.0 Å². The monoisotopic (exact) mass is 241 g/mol. The lowest BCUT2D eigenvalue weighted by molar-refractivity contribution is 0.294. The first-order chi connectivity index (χ1) is 8.83. The molecule has 0 saturated carbocycles. The summed E-state index contributed by atoms with van der Waals surface area (Å²) >= 11 is 0. The van der Waals surface area contributed by atoms with Crippen molar-refractivity contribution in [1.29, 1.82) is 0 Å². The molecule has 0 amide bonds. The highest BCUT2D eigenvalue weighted by Crippen LogP contribution is 2.14. The maximum atomic E-state index is 5.61. The summed E-state index contributed by atoms with van der Waals surface area (Å²) in [6, 6.07) is 9.00. The number of fused-ring (bicyclic) bond motifs is 1. The molecule has 0 saturated heterocycles. The lowest BCUT2D eigenvalue weighted by Gasteiger charge is -2.04. The van der Waals surface area contributed by atoms with E-state index < -0.39 is 0 Å². The van der Waals surface area contributed by atoms with Crippen LogP contribution < -0.4 is 10.5 Å². The molecule has 18 heavy (non-hydrogen) atoms. The van der Waals surface area contributed by atoms with Crippen LogP contribution >= 0.6 is 0 Å². The Kier molecular flexibility index (Phi) is 2.53. The van der Waals surface area contributed by atoms with Crippen LogP contribution in [0.15, 0.2) is 42.9 Å². The van der Waals surface area contributed by atoms with Crippen molar-refractivity contribution in [2.75, 3.05) is 5.73 Å². The molecule has 2 aromatic heterocycles. The molecule has 0 aliphatic carbocycles. The van der Waals surface area contributed by atoms with Gasteiger partial charge < -0.3 is 10.5 Å². The minimum absolute atomic E-state index is 0.330. The van der Waals surface area contributed by atoms with Gasteiger partial charge in [-0.05, 0) is 24.3 Å². The number of aromatic nitrogens is 4. The predicted octanol–water partition coefficient (Wildman–Crippen LogP) is 1.29. The zero-order valence-electron chi connectivity index (χ0n) is 9.52. The highest BCUT2D eigenvalue weighted by atomic mass is 16.5. The average molecular weight is 241 g/mol. The van der Waals surface area contributed by atoms with Crippen LogP contribution in [0.5, 0.6) is 5.75 Å². The molecule has 1 aromatic carbocycles. The summed E-state index contributed by atoms with van der Waals surface area (Å²) in [5.41, 5.74) is 7.06. The van der Waals surface area contributed by atoms with E-state index in [1.807, 2.05) is 12.1 Å². The lowest BCUT2D eigenvalue weighted by Crippen LogP contribution is -2.01. The maximum Gasteiger partial charge on any atom is 0.176 e. The molecule has 0 unspecified atom stereocenters. The van der Waals surface area contributed by atoms with E-state index in [2.05, 4.69) is 15.2 Å². The fourth-order valence-electron chi connectivity index (χ4n) is 1.60. The van der Waals surface area contributed by atoms with Gasteiger partial charge in [0.15, 0.2) is 11.5 Å². The summed E-state index contributed by atoms with van der Waals surface area (Å²) in [5, 5.41) is 8.07. The van der Waals surface area contributed by atoms with E-state index in [1.54, 1.807) is 35.1 Å². The number of rotatable bonds is 3. The van der Waals surface area contributed by atoms with Gasteiger partial charge in [-0.2, -0.15) is 0 Å². The first-order valence-electron chi connectivity index (χ1n) is 5.45. The summed E-state index contributed by atoms with van der Waals surface area (Å²) in [7, 11) is 0. The van der Waals surface area contributed by atoms with Crippen molar-refractivity contribution in [2.24, 2.45) is 0 Å². The Morgan fingerprint density at radius 1 is 1.11 bits per heavy atom. The normalized spacial score (nSPS) is 10.7. The number of anilines is 1. The molecule has 3 rings (SSSR count). The zero-order chi connectivity index (χ0) is 12.4. The summed E-state index contributed by atoms with van der Waals surface area (Å²) in [6.45, 7) is 0.330. The molecule has 2 N–H and O–H groups in total. The Bertz CT molecular complexity index is 662. The van der Waals surface area contributed by atoms with Crippen molar-refractivity contribution in [3.63, 3.8) is 0 Å². The number of hydrogen-bond acceptors (Lipinski definition) is 5. The van der Waals surface area contributed by atoms with Crippen LogP contribution in [-0.4, -0.2) is 19.6 Å². The first-order valence-corrected chi connectivity index (χ1v) is 5.45. The SMILES string of the molecule is Nc1ccc(OCc2nnc3ccncn23)cc1. The second-order valence-electron chi connectivity index (χ2n) is 3.78. The standard InChI is InChI=1S/C12H11N5O/c13-9-1-3-10(4-2-9)18-7-12-16-15-11-5-6-14-8-17(11)12/h1-6,8H,7,13H2. The highest BCUT2D eigenvalue weighted by molar-refractivity contribution is 5.41. The third-order valence-corrected chi connectivity index (χ3v) is 2.53. The average Bonchev–Trinajstić information content (AvgIpc) is 2.82. The third kappa shape index (κ3) is 1.95. The number of ether oxygens (including phenoxy) is 1. The molecule has 0 radical (unpaired) electrons. The Hall–Kier alpha value is -2.63. The number of benzene rings is 1. The second kappa shape index (κ2) is 4.33. The van der Waals surface area contributed by atoms with Gasteiger partial charge in [-0.15, -0.1) is 10.2 Å². The topological polar surface area (TPSA) is 78.3 Å². The summed E-state index contributed by atoms with van der Waals surface area (Å²) in [4.78, 5) is 4.02. The molecule has 0 bridgehead atoms. The molecule has 90 valence electrons. The number of hydrogen-bond donors (Lipinski definition) is 1. The molecule has 0 fully saturated rings. The number of nitrogens with zero attached hydrogens (tertiary/aromatic N) is 4. The molecular formula is C12H11N5O. The summed E-state index contributed by atoms with van der Waals surface area (Å²) in [6.07, 6.45) is 3.34. The van der Waals surface area contributed by atoms with Crippen molar-refractivity contribution >= 4 is 11.3 Å². The van der Waals surface area contributed by atoms with Gasteiger partial charge >= 0.3 is 0 Å². The summed E-state index contributed by atoms with van der Waals surface area (Å²) < 4.78 is 7.40. The van der Waals surface area contributed by atoms with Crippen LogP contribution in [-0.2, 0) is 6.61 Å². The molecule has 2 heterocycles. The van der Waals surface area contributed by atoms with E-state index in [1.165, 1.54) is 0 Å². The van der Waals surface area contributed by atoms with Gasteiger partial charge in [0.2, 0.25) is 0 Å². The van der Waals surface area contributed by atoms with Crippen molar-refractivity contribution in [2.45, 2.75) is 6.61 Å². The second-order valence-corrected chi connectivity index (χ2v) is 3.78. The van der Waals surface area contributed by atoms with Crippen molar-refractivity contribution in [3.8, 4) is 5.75 Å². The van der Waals surface area contributed by atoms with Gasteiger partial charge in [0.05, 0.1) is 0 Å².